The van der Waals surface area contributed by atoms with Crippen molar-refractivity contribution in [2.45, 2.75) is 20.2 Å². The number of aromatic nitrogens is 2. The van der Waals surface area contributed by atoms with Gasteiger partial charge in [-0.15, -0.1) is 10.2 Å². The molecule has 3 nitrogen and oxygen atoms in total. The molecule has 0 atom stereocenters. The van der Waals surface area contributed by atoms with E-state index in [4.69, 9.17) is 11.6 Å². The van der Waals surface area contributed by atoms with Gasteiger partial charge in [0.1, 0.15) is 0 Å². The first-order valence-electron chi connectivity index (χ1n) is 4.68. The van der Waals surface area contributed by atoms with E-state index in [0.717, 1.165) is 19.1 Å². The minimum atomic E-state index is -0.0307. The van der Waals surface area contributed by atoms with Crippen molar-refractivity contribution < 1.29 is 5.11 Å². The van der Waals surface area contributed by atoms with Crippen molar-refractivity contribution in [3.63, 3.8) is 0 Å². The van der Waals surface area contributed by atoms with Crippen LogP contribution in [0.3, 0.4) is 0 Å². The average molecular weight is 305 g/mol. The molecule has 0 aliphatic heterocycles. The van der Waals surface area contributed by atoms with E-state index in [1.807, 2.05) is 18.4 Å². The van der Waals surface area contributed by atoms with Gasteiger partial charge in [-0.25, -0.2) is 0 Å². The van der Waals surface area contributed by atoms with Crippen LogP contribution in [0.1, 0.15) is 5.56 Å². The Morgan fingerprint density at radius 1 is 1.35 bits per heavy atom. The molecule has 2 aromatic rings. The molecular weight excluding hydrogens is 296 g/mol. The van der Waals surface area contributed by atoms with Crippen molar-refractivity contribution in [1.82, 2.24) is 10.2 Å². The summed E-state index contributed by atoms with van der Waals surface area (Å²) in [7, 11) is 0. The van der Waals surface area contributed by atoms with E-state index in [1.165, 1.54) is 23.1 Å². The molecule has 0 bridgehead atoms. The van der Waals surface area contributed by atoms with Gasteiger partial charge in [0.15, 0.2) is 8.68 Å². The third-order valence-corrected chi connectivity index (χ3v) is 5.53. The Morgan fingerprint density at radius 3 is 2.76 bits per heavy atom. The number of hydrogen-bond donors (Lipinski definition) is 1. The smallest absolute Gasteiger partial charge is 0.179 e. The van der Waals surface area contributed by atoms with Gasteiger partial charge >= 0.3 is 0 Å². The largest absolute Gasteiger partial charge is 0.392 e. The number of nitrogens with zero attached hydrogens (tertiary/aromatic N) is 2. The van der Waals surface area contributed by atoms with Crippen LogP contribution in [-0.2, 0) is 6.61 Å². The molecule has 0 aliphatic carbocycles. The molecule has 0 unspecified atom stereocenters. The summed E-state index contributed by atoms with van der Waals surface area (Å²) < 4.78 is 1.75. The van der Waals surface area contributed by atoms with Gasteiger partial charge in [-0.2, -0.15) is 0 Å². The number of aliphatic hydroxyl groups is 1. The zero-order valence-electron chi connectivity index (χ0n) is 8.88. The number of thioether (sulfide) groups is 1. The summed E-state index contributed by atoms with van der Waals surface area (Å²) >= 11 is 10.6. The molecule has 1 aromatic heterocycles. The molecule has 1 heterocycles. The van der Waals surface area contributed by atoms with Crippen LogP contribution in [0.2, 0.25) is 5.02 Å². The Kier molecular flexibility index (Phi) is 4.69. The molecule has 0 spiro atoms. The van der Waals surface area contributed by atoms with Crippen molar-refractivity contribution in [3.8, 4) is 0 Å². The van der Waals surface area contributed by atoms with Crippen molar-refractivity contribution in [2.75, 3.05) is 6.26 Å². The molecule has 0 fully saturated rings. The molecule has 7 heteroatoms. The van der Waals surface area contributed by atoms with Gasteiger partial charge in [0.2, 0.25) is 0 Å². The fourth-order valence-corrected chi connectivity index (χ4v) is 4.01. The second kappa shape index (κ2) is 6.06. The number of benzene rings is 1. The third-order valence-electron chi connectivity index (χ3n) is 1.97. The van der Waals surface area contributed by atoms with Gasteiger partial charge in [-0.05, 0) is 17.9 Å². The predicted octanol–water partition coefficient (Wildman–Crippen LogP) is 3.56. The zero-order chi connectivity index (χ0) is 12.3. The standard InChI is InChI=1S/C10H9ClN2OS3/c1-15-9-12-13-10(17-9)16-8-6(5-14)3-2-4-7(8)11/h2-4,14H,5H2,1H3. The molecular formula is C10H9ClN2OS3. The molecule has 0 radical (unpaired) electrons. The van der Waals surface area contributed by atoms with Crippen molar-refractivity contribution in [1.29, 1.82) is 0 Å². The summed E-state index contributed by atoms with van der Waals surface area (Å²) in [4.78, 5) is 0.848. The molecule has 0 saturated carbocycles. The first-order chi connectivity index (χ1) is 8.24. The second-order valence-corrected chi connectivity index (χ2v) is 6.72. The minimum absolute atomic E-state index is 0.0307. The monoisotopic (exact) mass is 304 g/mol. The van der Waals surface area contributed by atoms with Gasteiger partial charge in [0.05, 0.1) is 11.6 Å². The van der Waals surface area contributed by atoms with Crippen LogP contribution in [0.5, 0.6) is 0 Å². The van der Waals surface area contributed by atoms with Gasteiger partial charge in [-0.3, -0.25) is 0 Å². The number of aliphatic hydroxyl groups excluding tert-OH is 1. The lowest BCUT2D eigenvalue weighted by atomic mass is 10.2. The molecule has 17 heavy (non-hydrogen) atoms. The second-order valence-electron chi connectivity index (χ2n) is 3.03. The van der Waals surface area contributed by atoms with E-state index >= 15 is 0 Å². The van der Waals surface area contributed by atoms with Gasteiger partial charge in [0.25, 0.3) is 0 Å². The maximum absolute atomic E-state index is 9.26. The van der Waals surface area contributed by atoms with E-state index in [-0.39, 0.29) is 6.61 Å². The van der Waals surface area contributed by atoms with Crippen molar-refractivity contribution in [2.24, 2.45) is 0 Å². The van der Waals surface area contributed by atoms with Gasteiger partial charge in [-0.1, -0.05) is 58.6 Å². The average Bonchev–Trinajstić information content (AvgIpc) is 2.79. The highest BCUT2D eigenvalue weighted by atomic mass is 35.5. The summed E-state index contributed by atoms with van der Waals surface area (Å²) in [6, 6.07) is 5.48. The minimum Gasteiger partial charge on any atom is -0.392 e. The summed E-state index contributed by atoms with van der Waals surface area (Å²) in [6.45, 7) is -0.0307. The summed E-state index contributed by atoms with van der Waals surface area (Å²) in [5.41, 5.74) is 0.809. The Hall–Kier alpha value is -0.270. The highest BCUT2D eigenvalue weighted by Gasteiger charge is 2.11. The molecule has 2 rings (SSSR count). The SMILES string of the molecule is CSc1nnc(Sc2c(Cl)cccc2CO)s1. The van der Waals surface area contributed by atoms with E-state index in [9.17, 15) is 5.11 Å². The van der Waals surface area contributed by atoms with Crippen LogP contribution in [0.25, 0.3) is 0 Å². The highest BCUT2D eigenvalue weighted by Crippen LogP contribution is 2.38. The van der Waals surface area contributed by atoms with Crippen LogP contribution in [0.4, 0.5) is 0 Å². The van der Waals surface area contributed by atoms with Crippen LogP contribution in [-0.4, -0.2) is 21.6 Å². The van der Waals surface area contributed by atoms with Crippen LogP contribution < -0.4 is 0 Å². The lowest BCUT2D eigenvalue weighted by Gasteiger charge is -2.06. The van der Waals surface area contributed by atoms with Crippen molar-refractivity contribution in [3.05, 3.63) is 28.8 Å². The van der Waals surface area contributed by atoms with E-state index in [1.54, 1.807) is 17.8 Å². The fraction of sp³-hybridized carbons (Fsp3) is 0.200. The third kappa shape index (κ3) is 3.14. The molecule has 0 saturated heterocycles. The molecule has 1 aromatic carbocycles. The molecule has 0 amide bonds. The number of rotatable bonds is 4. The quantitative estimate of drug-likeness (QED) is 0.875. The van der Waals surface area contributed by atoms with E-state index < -0.39 is 0 Å². The van der Waals surface area contributed by atoms with Crippen LogP contribution in [0, 0.1) is 0 Å². The lowest BCUT2D eigenvalue weighted by Crippen LogP contribution is -1.88. The molecule has 1 N–H and O–H groups in total. The highest BCUT2D eigenvalue weighted by molar-refractivity contribution is 8.03. The van der Waals surface area contributed by atoms with Gasteiger partial charge in [0, 0.05) is 4.90 Å². The normalized spacial score (nSPS) is 10.8. The summed E-state index contributed by atoms with van der Waals surface area (Å²) in [5, 5.41) is 18.0. The van der Waals surface area contributed by atoms with Gasteiger partial charge < -0.3 is 5.11 Å². The van der Waals surface area contributed by atoms with Crippen molar-refractivity contribution >= 4 is 46.5 Å². The van der Waals surface area contributed by atoms with E-state index in [0.29, 0.717) is 5.02 Å². The van der Waals surface area contributed by atoms with E-state index in [2.05, 4.69) is 10.2 Å². The fourth-order valence-electron chi connectivity index (χ4n) is 1.20. The first kappa shape index (κ1) is 13.2. The topological polar surface area (TPSA) is 46.0 Å². The number of halogens is 1. The maximum Gasteiger partial charge on any atom is 0.179 e. The first-order valence-corrected chi connectivity index (χ1v) is 7.91. The maximum atomic E-state index is 9.26. The predicted molar refractivity (Wildman–Crippen MR) is 73.2 cm³/mol. The van der Waals surface area contributed by atoms with Crippen LogP contribution in [0.15, 0.2) is 31.8 Å². The zero-order valence-corrected chi connectivity index (χ0v) is 12.1. The number of hydrogen-bond acceptors (Lipinski definition) is 6. The Morgan fingerprint density at radius 2 is 2.12 bits per heavy atom. The summed E-state index contributed by atoms with van der Waals surface area (Å²) in [5.74, 6) is 0. The molecule has 0 aliphatic rings. The Labute approximate surface area is 117 Å². The Bertz CT molecular complexity index is 518. The van der Waals surface area contributed by atoms with Crippen LogP contribution >= 0.6 is 46.5 Å². The molecule has 90 valence electrons. The summed E-state index contributed by atoms with van der Waals surface area (Å²) in [6.07, 6.45) is 1.96. The Balaban J connectivity index is 2.28. The lowest BCUT2D eigenvalue weighted by molar-refractivity contribution is 0.279.